The van der Waals surface area contributed by atoms with Crippen molar-refractivity contribution >= 4 is 17.9 Å². The molecule has 0 atom stereocenters. The van der Waals surface area contributed by atoms with Gasteiger partial charge in [0, 0.05) is 5.56 Å². The van der Waals surface area contributed by atoms with Crippen LogP contribution in [0.2, 0.25) is 5.02 Å². The Bertz CT molecular complexity index is 855. The third-order valence-corrected chi connectivity index (χ3v) is 3.85. The van der Waals surface area contributed by atoms with Gasteiger partial charge in [-0.1, -0.05) is 52.7 Å². The molecule has 0 saturated carbocycles. The quantitative estimate of drug-likeness (QED) is 0.686. The molecule has 22 heavy (non-hydrogen) atoms. The van der Waals surface area contributed by atoms with E-state index in [1.54, 1.807) is 10.7 Å². The number of aromatic nitrogens is 3. The van der Waals surface area contributed by atoms with E-state index in [-0.39, 0.29) is 5.69 Å². The summed E-state index contributed by atoms with van der Waals surface area (Å²) in [6.07, 6.45) is 0.700. The molecule has 0 amide bonds. The molecule has 0 aliphatic rings. The van der Waals surface area contributed by atoms with E-state index in [1.165, 1.54) is 0 Å². The van der Waals surface area contributed by atoms with Crippen molar-refractivity contribution in [3.63, 3.8) is 0 Å². The van der Waals surface area contributed by atoms with Gasteiger partial charge in [-0.25, -0.2) is 4.68 Å². The van der Waals surface area contributed by atoms with Gasteiger partial charge in [0.25, 0.3) is 0 Å². The molecule has 0 N–H and O–H groups in total. The van der Waals surface area contributed by atoms with Gasteiger partial charge in [-0.05, 0) is 31.5 Å². The first kappa shape index (κ1) is 14.5. The fourth-order valence-corrected chi connectivity index (χ4v) is 2.72. The predicted molar refractivity (Wildman–Crippen MR) is 86.7 cm³/mol. The number of benzene rings is 2. The summed E-state index contributed by atoms with van der Waals surface area (Å²) in [7, 11) is 0. The Labute approximate surface area is 133 Å². The SMILES string of the molecule is Cc1ccc(-n2nnc(C=O)c2-c2ccccc2Cl)c(C)c1. The highest BCUT2D eigenvalue weighted by Gasteiger charge is 2.18. The molecule has 3 rings (SSSR count). The van der Waals surface area contributed by atoms with Crippen molar-refractivity contribution in [2.75, 3.05) is 0 Å². The van der Waals surface area contributed by atoms with Crippen molar-refractivity contribution in [2.45, 2.75) is 13.8 Å². The molecule has 3 aromatic rings. The zero-order valence-corrected chi connectivity index (χ0v) is 13.0. The molecule has 0 bridgehead atoms. The van der Waals surface area contributed by atoms with Crippen LogP contribution in [0.5, 0.6) is 0 Å². The van der Waals surface area contributed by atoms with E-state index in [2.05, 4.69) is 16.4 Å². The van der Waals surface area contributed by atoms with E-state index < -0.39 is 0 Å². The zero-order chi connectivity index (χ0) is 15.7. The molecular formula is C17H14ClN3O. The maximum absolute atomic E-state index is 11.3. The Morgan fingerprint density at radius 2 is 1.91 bits per heavy atom. The van der Waals surface area contributed by atoms with Crippen LogP contribution in [0.15, 0.2) is 42.5 Å². The van der Waals surface area contributed by atoms with Gasteiger partial charge in [0.1, 0.15) is 5.69 Å². The Kier molecular flexibility index (Phi) is 3.77. The standard InChI is InChI=1S/C17H14ClN3O/c1-11-7-8-16(12(2)9-11)21-17(15(10-22)19-20-21)13-5-3-4-6-14(13)18/h3-10H,1-2H3. The van der Waals surface area contributed by atoms with E-state index in [9.17, 15) is 4.79 Å². The topological polar surface area (TPSA) is 47.8 Å². The highest BCUT2D eigenvalue weighted by atomic mass is 35.5. The van der Waals surface area contributed by atoms with E-state index in [1.807, 2.05) is 44.2 Å². The Morgan fingerprint density at radius 1 is 1.14 bits per heavy atom. The zero-order valence-electron chi connectivity index (χ0n) is 12.2. The average Bonchev–Trinajstić information content (AvgIpc) is 2.91. The Hall–Kier alpha value is -2.46. The molecule has 0 unspecified atom stereocenters. The first-order valence-corrected chi connectivity index (χ1v) is 7.23. The van der Waals surface area contributed by atoms with Crippen molar-refractivity contribution < 1.29 is 4.79 Å². The van der Waals surface area contributed by atoms with Crippen LogP contribution in [0, 0.1) is 13.8 Å². The fourth-order valence-electron chi connectivity index (χ4n) is 2.49. The van der Waals surface area contributed by atoms with Gasteiger partial charge >= 0.3 is 0 Å². The van der Waals surface area contributed by atoms with Crippen LogP contribution in [0.1, 0.15) is 21.6 Å². The highest BCUT2D eigenvalue weighted by molar-refractivity contribution is 6.33. The van der Waals surface area contributed by atoms with Crippen molar-refractivity contribution in [2.24, 2.45) is 0 Å². The summed E-state index contributed by atoms with van der Waals surface area (Å²) in [5.41, 5.74) is 4.70. The lowest BCUT2D eigenvalue weighted by Gasteiger charge is -2.11. The first-order valence-electron chi connectivity index (χ1n) is 6.85. The van der Waals surface area contributed by atoms with Gasteiger partial charge in [0.05, 0.1) is 10.7 Å². The number of carbonyl (C=O) groups excluding carboxylic acids is 1. The Balaban J connectivity index is 2.29. The number of hydrogen-bond acceptors (Lipinski definition) is 3. The molecule has 110 valence electrons. The van der Waals surface area contributed by atoms with Gasteiger partial charge in [0.15, 0.2) is 12.0 Å². The summed E-state index contributed by atoms with van der Waals surface area (Å²) in [5, 5.41) is 8.67. The van der Waals surface area contributed by atoms with Crippen LogP contribution in [0.3, 0.4) is 0 Å². The van der Waals surface area contributed by atoms with E-state index in [4.69, 9.17) is 11.6 Å². The van der Waals surface area contributed by atoms with E-state index in [0.717, 1.165) is 22.4 Å². The number of hydrogen-bond donors (Lipinski definition) is 0. The van der Waals surface area contributed by atoms with Gasteiger partial charge in [0.2, 0.25) is 0 Å². The number of aryl methyl sites for hydroxylation is 2. The van der Waals surface area contributed by atoms with Gasteiger partial charge in [-0.15, -0.1) is 5.10 Å². The number of aldehydes is 1. The summed E-state index contributed by atoms with van der Waals surface area (Å²) in [5.74, 6) is 0. The molecule has 2 aromatic carbocycles. The first-order chi connectivity index (χ1) is 10.6. The van der Waals surface area contributed by atoms with Crippen LogP contribution < -0.4 is 0 Å². The normalized spacial score (nSPS) is 10.7. The predicted octanol–water partition coefficient (Wildman–Crippen LogP) is 4.02. The molecule has 0 spiro atoms. The minimum atomic E-state index is 0.271. The lowest BCUT2D eigenvalue weighted by molar-refractivity contribution is 0.111. The minimum absolute atomic E-state index is 0.271. The third-order valence-electron chi connectivity index (χ3n) is 3.52. The van der Waals surface area contributed by atoms with Crippen molar-refractivity contribution in [3.05, 3.63) is 64.3 Å². The fraction of sp³-hybridized carbons (Fsp3) is 0.118. The number of rotatable bonds is 3. The van der Waals surface area contributed by atoms with Crippen LogP contribution in [0.25, 0.3) is 16.9 Å². The number of carbonyl (C=O) groups is 1. The average molecular weight is 312 g/mol. The third kappa shape index (κ3) is 2.42. The molecular weight excluding hydrogens is 298 g/mol. The van der Waals surface area contributed by atoms with E-state index in [0.29, 0.717) is 17.0 Å². The molecule has 4 nitrogen and oxygen atoms in total. The highest BCUT2D eigenvalue weighted by Crippen LogP contribution is 2.31. The van der Waals surface area contributed by atoms with Crippen LogP contribution in [-0.4, -0.2) is 21.3 Å². The Morgan fingerprint density at radius 3 is 2.59 bits per heavy atom. The summed E-state index contributed by atoms with van der Waals surface area (Å²) >= 11 is 6.28. The van der Waals surface area contributed by atoms with Crippen molar-refractivity contribution in [1.29, 1.82) is 0 Å². The van der Waals surface area contributed by atoms with Crippen LogP contribution in [-0.2, 0) is 0 Å². The summed E-state index contributed by atoms with van der Waals surface area (Å²) < 4.78 is 1.67. The number of halogens is 1. The van der Waals surface area contributed by atoms with Crippen LogP contribution >= 0.6 is 11.6 Å². The maximum atomic E-state index is 11.3. The largest absolute Gasteiger partial charge is 0.296 e. The summed E-state index contributed by atoms with van der Waals surface area (Å²) in [6.45, 7) is 4.03. The van der Waals surface area contributed by atoms with Crippen molar-refractivity contribution in [3.8, 4) is 16.9 Å². The van der Waals surface area contributed by atoms with E-state index >= 15 is 0 Å². The lowest BCUT2D eigenvalue weighted by atomic mass is 10.1. The summed E-state index contributed by atoms with van der Waals surface area (Å²) in [4.78, 5) is 11.3. The lowest BCUT2D eigenvalue weighted by Crippen LogP contribution is -2.03. The van der Waals surface area contributed by atoms with Gasteiger partial charge in [-0.2, -0.15) is 0 Å². The smallest absolute Gasteiger partial charge is 0.172 e. The maximum Gasteiger partial charge on any atom is 0.172 e. The number of nitrogens with zero attached hydrogens (tertiary/aromatic N) is 3. The molecule has 0 fully saturated rings. The molecule has 1 heterocycles. The second-order valence-electron chi connectivity index (χ2n) is 5.12. The van der Waals surface area contributed by atoms with Gasteiger partial charge < -0.3 is 0 Å². The molecule has 0 saturated heterocycles. The molecule has 5 heteroatoms. The molecule has 0 aliphatic carbocycles. The summed E-state index contributed by atoms with van der Waals surface area (Å²) in [6, 6.07) is 13.4. The molecule has 1 aromatic heterocycles. The molecule has 0 aliphatic heterocycles. The van der Waals surface area contributed by atoms with Crippen molar-refractivity contribution in [1.82, 2.24) is 15.0 Å². The second-order valence-corrected chi connectivity index (χ2v) is 5.53. The molecule has 0 radical (unpaired) electrons. The minimum Gasteiger partial charge on any atom is -0.296 e. The second kappa shape index (κ2) is 5.73. The van der Waals surface area contributed by atoms with Gasteiger partial charge in [-0.3, -0.25) is 4.79 Å². The van der Waals surface area contributed by atoms with Crippen LogP contribution in [0.4, 0.5) is 0 Å². The monoisotopic (exact) mass is 311 g/mol.